The maximum absolute atomic E-state index is 11.9. The fraction of sp³-hybridized carbons (Fsp3) is 0.833. The van der Waals surface area contributed by atoms with Crippen LogP contribution in [0.2, 0.25) is 0 Å². The molecule has 142 valence electrons. The van der Waals surface area contributed by atoms with Crippen LogP contribution in [-0.4, -0.2) is 66.2 Å². The van der Waals surface area contributed by atoms with Gasteiger partial charge in [0.15, 0.2) is 12.2 Å². The Balaban J connectivity index is 4.73. The third kappa shape index (κ3) is 7.55. The van der Waals surface area contributed by atoms with E-state index < -0.39 is 55.4 Å². The molecule has 0 heterocycles. The van der Waals surface area contributed by atoms with E-state index in [9.17, 15) is 26.4 Å². The molecule has 0 aliphatic heterocycles. The summed E-state index contributed by atoms with van der Waals surface area (Å²) in [5.41, 5.74) is 0. The Labute approximate surface area is 141 Å². The SMILES string of the molecule is COC(=O)C(C)OS(=O)(=O)CCC(C)S(=O)(=O)OC(C)C(=O)OC. The van der Waals surface area contributed by atoms with Gasteiger partial charge in [0.1, 0.15) is 0 Å². The Morgan fingerprint density at radius 3 is 1.67 bits per heavy atom. The van der Waals surface area contributed by atoms with Crippen molar-refractivity contribution in [2.24, 2.45) is 0 Å². The summed E-state index contributed by atoms with van der Waals surface area (Å²) >= 11 is 0. The standard InChI is InChI=1S/C12H22O10S2/c1-8(24(17,18)22-10(3)12(14)20-5)6-7-23(15,16)21-9(2)11(13)19-4/h8-10H,6-7H2,1-5H3. The van der Waals surface area contributed by atoms with Gasteiger partial charge in [-0.15, -0.1) is 0 Å². The Morgan fingerprint density at radius 1 is 0.833 bits per heavy atom. The number of methoxy groups -OCH3 is 2. The van der Waals surface area contributed by atoms with E-state index in [2.05, 4.69) is 17.8 Å². The predicted octanol–water partition coefficient (Wildman–Crippen LogP) is -0.419. The molecule has 0 spiro atoms. The van der Waals surface area contributed by atoms with Crippen molar-refractivity contribution >= 4 is 32.2 Å². The second-order valence-corrected chi connectivity index (χ2v) is 8.58. The van der Waals surface area contributed by atoms with Crippen molar-refractivity contribution in [3.05, 3.63) is 0 Å². The van der Waals surface area contributed by atoms with Crippen molar-refractivity contribution in [1.29, 1.82) is 0 Å². The second-order valence-electron chi connectivity index (χ2n) is 4.88. The number of rotatable bonds is 10. The quantitative estimate of drug-likeness (QED) is 0.357. The zero-order valence-electron chi connectivity index (χ0n) is 14.0. The van der Waals surface area contributed by atoms with Gasteiger partial charge in [-0.05, 0) is 27.2 Å². The molecule has 0 saturated carbocycles. The third-order valence-electron chi connectivity index (χ3n) is 2.90. The summed E-state index contributed by atoms with van der Waals surface area (Å²) < 4.78 is 65.2. The molecule has 3 unspecified atom stereocenters. The minimum atomic E-state index is -4.20. The van der Waals surface area contributed by atoms with Gasteiger partial charge in [0, 0.05) is 0 Å². The summed E-state index contributed by atoms with van der Waals surface area (Å²) in [5, 5.41) is -1.23. The Hall–Kier alpha value is -1.24. The number of hydrogen-bond acceptors (Lipinski definition) is 10. The van der Waals surface area contributed by atoms with E-state index in [1.54, 1.807) is 0 Å². The lowest BCUT2D eigenvalue weighted by Crippen LogP contribution is -2.32. The highest BCUT2D eigenvalue weighted by atomic mass is 32.2. The summed E-state index contributed by atoms with van der Waals surface area (Å²) in [7, 11) is -6.21. The molecule has 0 radical (unpaired) electrons. The van der Waals surface area contributed by atoms with Crippen molar-refractivity contribution < 1.29 is 44.3 Å². The maximum Gasteiger partial charge on any atom is 0.336 e. The topological polar surface area (TPSA) is 139 Å². The van der Waals surface area contributed by atoms with E-state index in [1.165, 1.54) is 20.8 Å². The molecule has 0 rings (SSSR count). The minimum Gasteiger partial charge on any atom is -0.467 e. The average Bonchev–Trinajstić information content (AvgIpc) is 2.49. The van der Waals surface area contributed by atoms with Crippen LogP contribution in [0.4, 0.5) is 0 Å². The molecule has 0 amide bonds. The lowest BCUT2D eigenvalue weighted by Gasteiger charge is -2.16. The van der Waals surface area contributed by atoms with Gasteiger partial charge in [-0.25, -0.2) is 9.59 Å². The smallest absolute Gasteiger partial charge is 0.336 e. The van der Waals surface area contributed by atoms with E-state index in [0.29, 0.717) is 0 Å². The molecule has 0 fully saturated rings. The van der Waals surface area contributed by atoms with Crippen molar-refractivity contribution in [3.63, 3.8) is 0 Å². The first-order valence-electron chi connectivity index (χ1n) is 6.85. The fourth-order valence-electron chi connectivity index (χ4n) is 1.43. The van der Waals surface area contributed by atoms with Gasteiger partial charge in [-0.3, -0.25) is 8.37 Å². The van der Waals surface area contributed by atoms with Crippen molar-refractivity contribution in [1.82, 2.24) is 0 Å². The molecule has 0 aliphatic rings. The summed E-state index contributed by atoms with van der Waals surface area (Å²) in [4.78, 5) is 22.3. The van der Waals surface area contributed by atoms with Crippen molar-refractivity contribution in [3.8, 4) is 0 Å². The molecule has 0 N–H and O–H groups in total. The molecular formula is C12H22O10S2. The van der Waals surface area contributed by atoms with Crippen LogP contribution < -0.4 is 0 Å². The van der Waals surface area contributed by atoms with Gasteiger partial charge < -0.3 is 9.47 Å². The number of carbonyl (C=O) groups excluding carboxylic acids is 2. The van der Waals surface area contributed by atoms with Crippen LogP contribution in [0, 0.1) is 0 Å². The molecule has 0 aliphatic carbocycles. The zero-order valence-corrected chi connectivity index (χ0v) is 15.7. The molecule has 3 atom stereocenters. The zero-order chi connectivity index (χ0) is 19.1. The summed E-state index contributed by atoms with van der Waals surface area (Å²) in [6.45, 7) is 3.59. The monoisotopic (exact) mass is 390 g/mol. The lowest BCUT2D eigenvalue weighted by atomic mass is 10.4. The highest BCUT2D eigenvalue weighted by molar-refractivity contribution is 7.88. The van der Waals surface area contributed by atoms with E-state index in [0.717, 1.165) is 14.2 Å². The molecule has 0 saturated heterocycles. The second kappa shape index (κ2) is 9.30. The predicted molar refractivity (Wildman–Crippen MR) is 81.9 cm³/mol. The van der Waals surface area contributed by atoms with Gasteiger partial charge in [0.25, 0.3) is 20.2 Å². The highest BCUT2D eigenvalue weighted by Gasteiger charge is 2.30. The molecule has 0 aromatic heterocycles. The van der Waals surface area contributed by atoms with E-state index in [1.807, 2.05) is 0 Å². The molecule has 10 nitrogen and oxygen atoms in total. The molecule has 0 aromatic rings. The summed E-state index contributed by atoms with van der Waals surface area (Å²) in [6, 6.07) is 0. The van der Waals surface area contributed by atoms with Crippen LogP contribution in [0.5, 0.6) is 0 Å². The first-order valence-corrected chi connectivity index (χ1v) is 9.90. The number of ether oxygens (including phenoxy) is 2. The largest absolute Gasteiger partial charge is 0.467 e. The van der Waals surface area contributed by atoms with Crippen LogP contribution in [0.3, 0.4) is 0 Å². The van der Waals surface area contributed by atoms with Gasteiger partial charge >= 0.3 is 11.9 Å². The van der Waals surface area contributed by atoms with E-state index >= 15 is 0 Å². The number of carbonyl (C=O) groups is 2. The van der Waals surface area contributed by atoms with E-state index in [-0.39, 0.29) is 6.42 Å². The number of esters is 2. The number of hydrogen-bond donors (Lipinski definition) is 0. The molecule has 0 aromatic carbocycles. The van der Waals surface area contributed by atoms with Gasteiger partial charge in [0.05, 0.1) is 25.2 Å². The van der Waals surface area contributed by atoms with Crippen LogP contribution in [-0.2, 0) is 47.7 Å². The van der Waals surface area contributed by atoms with Crippen LogP contribution in [0.15, 0.2) is 0 Å². The molecule has 0 bridgehead atoms. The highest BCUT2D eigenvalue weighted by Crippen LogP contribution is 2.14. The molecular weight excluding hydrogens is 368 g/mol. The van der Waals surface area contributed by atoms with Crippen molar-refractivity contribution in [2.75, 3.05) is 20.0 Å². The summed E-state index contributed by atoms with van der Waals surface area (Å²) in [6.07, 6.45) is -3.05. The van der Waals surface area contributed by atoms with Crippen LogP contribution >= 0.6 is 0 Å². The molecule has 12 heteroatoms. The molecule has 24 heavy (non-hydrogen) atoms. The normalized spacial score (nSPS) is 16.0. The fourth-order valence-corrected chi connectivity index (χ4v) is 3.91. The minimum absolute atomic E-state index is 0.355. The van der Waals surface area contributed by atoms with Crippen LogP contribution in [0.25, 0.3) is 0 Å². The average molecular weight is 390 g/mol. The third-order valence-corrected chi connectivity index (χ3v) is 6.00. The Kier molecular flexibility index (Phi) is 8.82. The first-order chi connectivity index (χ1) is 10.9. The Bertz CT molecular complexity index is 637. The van der Waals surface area contributed by atoms with Gasteiger partial charge in [0.2, 0.25) is 0 Å². The van der Waals surface area contributed by atoms with Crippen molar-refractivity contribution in [2.45, 2.75) is 44.6 Å². The van der Waals surface area contributed by atoms with Gasteiger partial charge in [-0.2, -0.15) is 16.8 Å². The van der Waals surface area contributed by atoms with Gasteiger partial charge in [-0.1, -0.05) is 0 Å². The lowest BCUT2D eigenvalue weighted by molar-refractivity contribution is -0.148. The first kappa shape index (κ1) is 22.8. The van der Waals surface area contributed by atoms with Crippen LogP contribution in [0.1, 0.15) is 27.2 Å². The van der Waals surface area contributed by atoms with E-state index in [4.69, 9.17) is 0 Å². The summed E-state index contributed by atoms with van der Waals surface area (Å²) in [5.74, 6) is -2.42. The maximum atomic E-state index is 11.9. The Morgan fingerprint density at radius 2 is 1.25 bits per heavy atom.